The Morgan fingerprint density at radius 2 is 2.13 bits per heavy atom. The van der Waals surface area contributed by atoms with E-state index in [1.165, 1.54) is 4.72 Å². The van der Waals surface area contributed by atoms with Crippen molar-refractivity contribution in [2.75, 3.05) is 12.3 Å². The van der Waals surface area contributed by atoms with Crippen LogP contribution in [0.3, 0.4) is 0 Å². The van der Waals surface area contributed by atoms with Crippen LogP contribution in [-0.2, 0) is 10.0 Å². The summed E-state index contributed by atoms with van der Waals surface area (Å²) in [7, 11) is -4.27. The van der Waals surface area contributed by atoms with Crippen LogP contribution in [0.2, 0.25) is 0 Å². The molecule has 15 heavy (non-hydrogen) atoms. The zero-order chi connectivity index (χ0) is 11.7. The van der Waals surface area contributed by atoms with Gasteiger partial charge in [0.15, 0.2) is 0 Å². The zero-order valence-corrected chi connectivity index (χ0v) is 7.98. The molecule has 6 nitrogen and oxygen atoms in total. The summed E-state index contributed by atoms with van der Waals surface area (Å²) in [6.07, 6.45) is -3.79. The number of halogens is 3. The van der Waals surface area contributed by atoms with E-state index in [4.69, 9.17) is 5.73 Å². The van der Waals surface area contributed by atoms with Gasteiger partial charge in [-0.1, -0.05) is 0 Å². The van der Waals surface area contributed by atoms with Crippen LogP contribution in [0.5, 0.6) is 0 Å². The number of nitrogens with two attached hydrogens (primary N) is 1. The number of anilines is 1. The van der Waals surface area contributed by atoms with Crippen LogP contribution in [0.4, 0.5) is 19.0 Å². The number of nitrogen functional groups attached to an aromatic ring is 1. The van der Waals surface area contributed by atoms with E-state index in [1.807, 2.05) is 0 Å². The second-order valence-electron chi connectivity index (χ2n) is 2.59. The van der Waals surface area contributed by atoms with Crippen LogP contribution in [0, 0.1) is 0 Å². The molecule has 4 N–H and O–H groups in total. The topological polar surface area (TPSA) is 101 Å². The molecule has 86 valence electrons. The lowest BCUT2D eigenvalue weighted by atomic mass is 10.7. The SMILES string of the molecule is Nc1[nH]ncc1S(=O)(=O)NCC(F)(F)F. The maximum atomic E-state index is 11.7. The molecule has 0 fully saturated rings. The Balaban J connectivity index is 2.82. The van der Waals surface area contributed by atoms with Crippen molar-refractivity contribution in [1.82, 2.24) is 14.9 Å². The number of nitrogens with zero attached hydrogens (tertiary/aromatic N) is 1. The summed E-state index contributed by atoms with van der Waals surface area (Å²) in [5, 5.41) is 5.38. The minimum absolute atomic E-state index is 0.315. The number of hydrogen-bond acceptors (Lipinski definition) is 4. The third kappa shape index (κ3) is 3.09. The van der Waals surface area contributed by atoms with Crippen molar-refractivity contribution < 1.29 is 21.6 Å². The average Bonchev–Trinajstić information content (AvgIpc) is 2.47. The number of aromatic nitrogens is 2. The fourth-order valence-electron chi connectivity index (χ4n) is 0.754. The molecule has 0 atom stereocenters. The van der Waals surface area contributed by atoms with E-state index >= 15 is 0 Å². The van der Waals surface area contributed by atoms with E-state index < -0.39 is 27.6 Å². The highest BCUT2D eigenvalue weighted by Gasteiger charge is 2.31. The molecule has 1 aromatic heterocycles. The predicted octanol–water partition coefficient (Wildman–Crippen LogP) is -0.168. The molecule has 0 spiro atoms. The lowest BCUT2D eigenvalue weighted by Crippen LogP contribution is -2.33. The standard InChI is InChI=1S/C5H7F3N4O2S/c6-5(7,8)2-11-15(13,14)3-1-10-12-4(3)9/h1,11H,2H2,(H3,9,10,12). The number of sulfonamides is 1. The van der Waals surface area contributed by atoms with Crippen LogP contribution in [0.1, 0.15) is 0 Å². The largest absolute Gasteiger partial charge is 0.402 e. The molecule has 0 aliphatic rings. The monoisotopic (exact) mass is 244 g/mol. The van der Waals surface area contributed by atoms with Gasteiger partial charge in [0.05, 0.1) is 6.20 Å². The molecule has 0 saturated heterocycles. The highest BCUT2D eigenvalue weighted by molar-refractivity contribution is 7.89. The zero-order valence-electron chi connectivity index (χ0n) is 7.17. The van der Waals surface area contributed by atoms with Crippen molar-refractivity contribution in [3.8, 4) is 0 Å². The van der Waals surface area contributed by atoms with Crippen LogP contribution in [-0.4, -0.2) is 31.3 Å². The van der Waals surface area contributed by atoms with E-state index in [-0.39, 0.29) is 5.82 Å². The lowest BCUT2D eigenvalue weighted by Gasteiger charge is -2.07. The molecular formula is C5H7F3N4O2S. The van der Waals surface area contributed by atoms with E-state index in [2.05, 4.69) is 10.2 Å². The van der Waals surface area contributed by atoms with Gasteiger partial charge in [-0.15, -0.1) is 0 Å². The van der Waals surface area contributed by atoms with Gasteiger partial charge in [0.25, 0.3) is 0 Å². The van der Waals surface area contributed by atoms with Gasteiger partial charge < -0.3 is 5.73 Å². The number of H-pyrrole nitrogens is 1. The van der Waals surface area contributed by atoms with E-state index in [9.17, 15) is 21.6 Å². The highest BCUT2D eigenvalue weighted by Crippen LogP contribution is 2.17. The normalized spacial score (nSPS) is 13.0. The molecule has 0 unspecified atom stereocenters. The van der Waals surface area contributed by atoms with Crippen LogP contribution >= 0.6 is 0 Å². The first-order valence-electron chi connectivity index (χ1n) is 3.57. The van der Waals surface area contributed by atoms with Crippen molar-refractivity contribution in [2.45, 2.75) is 11.1 Å². The molecule has 0 radical (unpaired) electrons. The Morgan fingerprint density at radius 1 is 1.53 bits per heavy atom. The minimum Gasteiger partial charge on any atom is -0.383 e. The maximum Gasteiger partial charge on any atom is 0.402 e. The van der Waals surface area contributed by atoms with Crippen molar-refractivity contribution >= 4 is 15.8 Å². The smallest absolute Gasteiger partial charge is 0.383 e. The Bertz CT molecular complexity index is 437. The van der Waals surface area contributed by atoms with Gasteiger partial charge in [-0.25, -0.2) is 13.1 Å². The quantitative estimate of drug-likeness (QED) is 0.687. The molecule has 0 amide bonds. The van der Waals surface area contributed by atoms with Crippen molar-refractivity contribution in [2.24, 2.45) is 0 Å². The van der Waals surface area contributed by atoms with Crippen molar-refractivity contribution in [3.05, 3.63) is 6.20 Å². The fourth-order valence-corrected chi connectivity index (χ4v) is 1.79. The van der Waals surface area contributed by atoms with Gasteiger partial charge in [0, 0.05) is 0 Å². The average molecular weight is 244 g/mol. The van der Waals surface area contributed by atoms with Crippen LogP contribution in [0.25, 0.3) is 0 Å². The van der Waals surface area contributed by atoms with Gasteiger partial charge in [-0.05, 0) is 0 Å². The first-order chi connectivity index (χ1) is 6.72. The maximum absolute atomic E-state index is 11.7. The van der Waals surface area contributed by atoms with Crippen LogP contribution in [0.15, 0.2) is 11.1 Å². The summed E-state index contributed by atoms with van der Waals surface area (Å²) < 4.78 is 59.0. The number of aromatic amines is 1. The Hall–Kier alpha value is -1.29. The first-order valence-corrected chi connectivity index (χ1v) is 5.06. The molecule has 1 rings (SSSR count). The highest BCUT2D eigenvalue weighted by atomic mass is 32.2. The van der Waals surface area contributed by atoms with E-state index in [1.54, 1.807) is 0 Å². The van der Waals surface area contributed by atoms with Gasteiger partial charge in [-0.3, -0.25) is 5.10 Å². The number of nitrogens with one attached hydrogen (secondary N) is 2. The van der Waals surface area contributed by atoms with Crippen LogP contribution < -0.4 is 10.5 Å². The molecule has 10 heteroatoms. The summed E-state index contributed by atoms with van der Waals surface area (Å²) in [5.74, 6) is -0.315. The number of rotatable bonds is 3. The van der Waals surface area contributed by atoms with Gasteiger partial charge in [0.2, 0.25) is 10.0 Å². The Kier molecular flexibility index (Phi) is 2.90. The fraction of sp³-hybridized carbons (Fsp3) is 0.400. The summed E-state index contributed by atoms with van der Waals surface area (Å²) in [6.45, 7) is -1.65. The Labute approximate surface area is 82.7 Å². The molecule has 0 aliphatic heterocycles. The first kappa shape index (κ1) is 11.8. The molecule has 0 bridgehead atoms. The summed E-state index contributed by atoms with van der Waals surface area (Å²) >= 11 is 0. The van der Waals surface area contributed by atoms with Gasteiger partial charge in [0.1, 0.15) is 17.3 Å². The summed E-state index contributed by atoms with van der Waals surface area (Å²) in [5.41, 5.74) is 5.15. The van der Waals surface area contributed by atoms with Gasteiger partial charge in [-0.2, -0.15) is 18.3 Å². The second kappa shape index (κ2) is 3.70. The molecular weight excluding hydrogens is 237 g/mol. The molecule has 0 aliphatic carbocycles. The predicted molar refractivity (Wildman–Crippen MR) is 44.2 cm³/mol. The molecule has 0 aromatic carbocycles. The minimum atomic E-state index is -4.62. The third-order valence-corrected chi connectivity index (χ3v) is 2.81. The second-order valence-corrected chi connectivity index (χ2v) is 4.32. The summed E-state index contributed by atoms with van der Waals surface area (Å²) in [6, 6.07) is 0. The molecule has 0 saturated carbocycles. The van der Waals surface area contributed by atoms with E-state index in [0.717, 1.165) is 6.20 Å². The molecule has 1 heterocycles. The lowest BCUT2D eigenvalue weighted by molar-refractivity contribution is -0.121. The van der Waals surface area contributed by atoms with E-state index in [0.29, 0.717) is 0 Å². The summed E-state index contributed by atoms with van der Waals surface area (Å²) in [4.78, 5) is -0.508. The van der Waals surface area contributed by atoms with Crippen molar-refractivity contribution in [3.63, 3.8) is 0 Å². The van der Waals surface area contributed by atoms with Gasteiger partial charge >= 0.3 is 6.18 Å². The number of hydrogen-bond donors (Lipinski definition) is 3. The third-order valence-electron chi connectivity index (χ3n) is 1.38. The van der Waals surface area contributed by atoms with Crippen molar-refractivity contribution in [1.29, 1.82) is 0 Å². The molecule has 1 aromatic rings. The number of alkyl halides is 3. The Morgan fingerprint density at radius 3 is 2.53 bits per heavy atom.